The SMILES string of the molecule is CCc1nc(CNC(=O)c2ccc(CC(C)C)cc2)cs1. The van der Waals surface area contributed by atoms with Crippen molar-refractivity contribution in [3.05, 3.63) is 51.5 Å². The molecule has 0 spiro atoms. The number of carbonyl (C=O) groups is 1. The summed E-state index contributed by atoms with van der Waals surface area (Å²) in [7, 11) is 0. The van der Waals surface area contributed by atoms with Gasteiger partial charge >= 0.3 is 0 Å². The molecular weight excluding hydrogens is 280 g/mol. The summed E-state index contributed by atoms with van der Waals surface area (Å²) in [4.78, 5) is 16.5. The van der Waals surface area contributed by atoms with Gasteiger partial charge in [0.25, 0.3) is 5.91 Å². The van der Waals surface area contributed by atoms with Crippen molar-refractivity contribution in [2.45, 2.75) is 40.2 Å². The van der Waals surface area contributed by atoms with Gasteiger partial charge in [0.2, 0.25) is 0 Å². The maximum atomic E-state index is 12.1. The number of hydrogen-bond acceptors (Lipinski definition) is 3. The number of benzene rings is 1. The maximum Gasteiger partial charge on any atom is 0.251 e. The molecule has 0 aliphatic heterocycles. The van der Waals surface area contributed by atoms with Gasteiger partial charge in [0, 0.05) is 10.9 Å². The van der Waals surface area contributed by atoms with Crippen LogP contribution in [0.15, 0.2) is 29.6 Å². The molecule has 2 aromatic rings. The first-order valence-corrected chi connectivity index (χ1v) is 8.27. The van der Waals surface area contributed by atoms with Gasteiger partial charge in [-0.25, -0.2) is 4.98 Å². The number of rotatable bonds is 6. The van der Waals surface area contributed by atoms with Crippen LogP contribution in [0.4, 0.5) is 0 Å². The second-order valence-electron chi connectivity index (χ2n) is 5.56. The molecule has 0 bridgehead atoms. The molecule has 0 saturated heterocycles. The standard InChI is InChI=1S/C17H22N2OS/c1-4-16-19-15(11-21-16)10-18-17(20)14-7-5-13(6-8-14)9-12(2)3/h5-8,11-12H,4,9-10H2,1-3H3,(H,18,20). The molecule has 0 aliphatic rings. The first-order chi connectivity index (χ1) is 10.1. The van der Waals surface area contributed by atoms with Gasteiger partial charge < -0.3 is 5.32 Å². The zero-order chi connectivity index (χ0) is 15.2. The Balaban J connectivity index is 1.90. The molecule has 0 atom stereocenters. The Bertz CT molecular complexity index is 587. The number of nitrogens with zero attached hydrogens (tertiary/aromatic N) is 1. The van der Waals surface area contributed by atoms with Gasteiger partial charge in [-0.05, 0) is 36.5 Å². The molecule has 4 heteroatoms. The number of aryl methyl sites for hydroxylation is 1. The average molecular weight is 302 g/mol. The van der Waals surface area contributed by atoms with Crippen LogP contribution >= 0.6 is 11.3 Å². The topological polar surface area (TPSA) is 42.0 Å². The van der Waals surface area contributed by atoms with Crippen LogP contribution in [0.25, 0.3) is 0 Å². The summed E-state index contributed by atoms with van der Waals surface area (Å²) in [6, 6.07) is 7.86. The first kappa shape index (κ1) is 15.7. The highest BCUT2D eigenvalue weighted by Gasteiger charge is 2.07. The van der Waals surface area contributed by atoms with Gasteiger partial charge in [-0.2, -0.15) is 0 Å². The minimum atomic E-state index is -0.0443. The van der Waals surface area contributed by atoms with Gasteiger partial charge in [0.05, 0.1) is 17.2 Å². The van der Waals surface area contributed by atoms with Gasteiger partial charge in [-0.3, -0.25) is 4.79 Å². The highest BCUT2D eigenvalue weighted by molar-refractivity contribution is 7.09. The smallest absolute Gasteiger partial charge is 0.251 e. The molecule has 1 heterocycles. The molecule has 1 aromatic carbocycles. The van der Waals surface area contributed by atoms with Crippen molar-refractivity contribution in [1.29, 1.82) is 0 Å². The van der Waals surface area contributed by atoms with E-state index in [9.17, 15) is 4.79 Å². The zero-order valence-electron chi connectivity index (χ0n) is 12.8. The van der Waals surface area contributed by atoms with E-state index < -0.39 is 0 Å². The third-order valence-electron chi connectivity index (χ3n) is 3.19. The van der Waals surface area contributed by atoms with Crippen molar-refractivity contribution >= 4 is 17.2 Å². The molecule has 1 aromatic heterocycles. The van der Waals surface area contributed by atoms with Gasteiger partial charge in [0.1, 0.15) is 0 Å². The van der Waals surface area contributed by atoms with E-state index in [0.717, 1.165) is 23.5 Å². The molecule has 0 fully saturated rings. The first-order valence-electron chi connectivity index (χ1n) is 7.39. The lowest BCUT2D eigenvalue weighted by molar-refractivity contribution is 0.0950. The summed E-state index contributed by atoms with van der Waals surface area (Å²) in [5, 5.41) is 6.03. The van der Waals surface area contributed by atoms with Crippen molar-refractivity contribution < 1.29 is 4.79 Å². The Hall–Kier alpha value is -1.68. The van der Waals surface area contributed by atoms with Crippen LogP contribution in [0, 0.1) is 5.92 Å². The van der Waals surface area contributed by atoms with Crippen LogP contribution < -0.4 is 5.32 Å². The molecule has 0 aliphatic carbocycles. The Morgan fingerprint density at radius 1 is 1.29 bits per heavy atom. The number of nitrogens with one attached hydrogen (secondary N) is 1. The predicted octanol–water partition coefficient (Wildman–Crippen LogP) is 3.83. The van der Waals surface area contributed by atoms with Crippen molar-refractivity contribution in [2.75, 3.05) is 0 Å². The van der Waals surface area contributed by atoms with Crippen LogP contribution in [-0.4, -0.2) is 10.9 Å². The largest absolute Gasteiger partial charge is 0.346 e. The van der Waals surface area contributed by atoms with Crippen molar-refractivity contribution in [1.82, 2.24) is 10.3 Å². The highest BCUT2D eigenvalue weighted by Crippen LogP contribution is 2.11. The second-order valence-corrected chi connectivity index (χ2v) is 6.51. The van der Waals surface area contributed by atoms with Crippen molar-refractivity contribution in [2.24, 2.45) is 5.92 Å². The Morgan fingerprint density at radius 2 is 2.00 bits per heavy atom. The van der Waals surface area contributed by atoms with Gasteiger partial charge in [0.15, 0.2) is 0 Å². The van der Waals surface area contributed by atoms with Crippen molar-refractivity contribution in [3.63, 3.8) is 0 Å². The molecule has 112 valence electrons. The number of thiazole rings is 1. The fourth-order valence-electron chi connectivity index (χ4n) is 2.13. The lowest BCUT2D eigenvalue weighted by Gasteiger charge is -2.07. The van der Waals surface area contributed by atoms with Crippen LogP contribution in [0.3, 0.4) is 0 Å². The fraction of sp³-hybridized carbons (Fsp3) is 0.412. The summed E-state index contributed by atoms with van der Waals surface area (Å²) in [5.74, 6) is 0.583. The summed E-state index contributed by atoms with van der Waals surface area (Å²) in [6.07, 6.45) is 1.98. The van der Waals surface area contributed by atoms with Gasteiger partial charge in [-0.1, -0.05) is 32.9 Å². The molecular formula is C17H22N2OS. The monoisotopic (exact) mass is 302 g/mol. The minimum absolute atomic E-state index is 0.0443. The van der Waals surface area contributed by atoms with E-state index in [2.05, 4.69) is 31.1 Å². The molecule has 0 unspecified atom stereocenters. The second kappa shape index (κ2) is 7.36. The molecule has 2 rings (SSSR count). The van der Waals surface area contributed by atoms with E-state index in [-0.39, 0.29) is 5.91 Å². The van der Waals surface area contributed by atoms with Crippen LogP contribution in [0.5, 0.6) is 0 Å². The van der Waals surface area contributed by atoms with E-state index in [4.69, 9.17) is 0 Å². The van der Waals surface area contributed by atoms with E-state index in [1.807, 2.05) is 29.6 Å². The van der Waals surface area contributed by atoms with Crippen molar-refractivity contribution in [3.8, 4) is 0 Å². The lowest BCUT2D eigenvalue weighted by Crippen LogP contribution is -2.22. The molecule has 21 heavy (non-hydrogen) atoms. The highest BCUT2D eigenvalue weighted by atomic mass is 32.1. The van der Waals surface area contributed by atoms with Crippen LogP contribution in [0.2, 0.25) is 0 Å². The van der Waals surface area contributed by atoms with E-state index in [1.54, 1.807) is 11.3 Å². The Morgan fingerprint density at radius 3 is 2.57 bits per heavy atom. The zero-order valence-corrected chi connectivity index (χ0v) is 13.7. The Labute approximate surface area is 130 Å². The van der Waals surface area contributed by atoms with Crippen LogP contribution in [-0.2, 0) is 19.4 Å². The third kappa shape index (κ3) is 4.67. The lowest BCUT2D eigenvalue weighted by atomic mass is 10.0. The molecule has 1 amide bonds. The number of aromatic nitrogens is 1. The molecule has 3 nitrogen and oxygen atoms in total. The average Bonchev–Trinajstić information content (AvgIpc) is 2.93. The summed E-state index contributed by atoms with van der Waals surface area (Å²) >= 11 is 1.64. The van der Waals surface area contributed by atoms with E-state index in [1.165, 1.54) is 5.56 Å². The molecule has 0 radical (unpaired) electrons. The van der Waals surface area contributed by atoms with E-state index in [0.29, 0.717) is 18.0 Å². The number of amides is 1. The maximum absolute atomic E-state index is 12.1. The third-order valence-corrected chi connectivity index (χ3v) is 4.23. The quantitative estimate of drug-likeness (QED) is 0.881. The number of carbonyl (C=O) groups excluding carboxylic acids is 1. The summed E-state index contributed by atoms with van der Waals surface area (Å²) < 4.78 is 0. The predicted molar refractivity (Wildman–Crippen MR) is 87.6 cm³/mol. The summed E-state index contributed by atoms with van der Waals surface area (Å²) in [5.41, 5.74) is 2.91. The van der Waals surface area contributed by atoms with E-state index >= 15 is 0 Å². The van der Waals surface area contributed by atoms with Crippen LogP contribution in [0.1, 0.15) is 47.4 Å². The summed E-state index contributed by atoms with van der Waals surface area (Å²) in [6.45, 7) is 6.96. The fourth-order valence-corrected chi connectivity index (χ4v) is 2.87. The normalized spacial score (nSPS) is 10.9. The minimum Gasteiger partial charge on any atom is -0.346 e. The molecule has 0 saturated carbocycles. The van der Waals surface area contributed by atoms with Gasteiger partial charge in [-0.15, -0.1) is 11.3 Å². The molecule has 1 N–H and O–H groups in total. The Kier molecular flexibility index (Phi) is 5.51. The number of hydrogen-bond donors (Lipinski definition) is 1.